The number of carbonyl (C=O) groups excluding carboxylic acids is 1. The summed E-state index contributed by atoms with van der Waals surface area (Å²) in [6.07, 6.45) is 5.20. The first kappa shape index (κ1) is 16.2. The highest BCUT2D eigenvalue weighted by Gasteiger charge is 2.21. The number of hydrogen-bond donors (Lipinski definition) is 1. The summed E-state index contributed by atoms with van der Waals surface area (Å²) in [4.78, 5) is 13.5. The molecule has 2 aromatic rings. The van der Waals surface area contributed by atoms with Crippen LogP contribution in [0.4, 0.5) is 5.00 Å². The first-order chi connectivity index (χ1) is 11.7. The van der Waals surface area contributed by atoms with Gasteiger partial charge in [0, 0.05) is 11.3 Å². The molecule has 5 heteroatoms. The zero-order valence-corrected chi connectivity index (χ0v) is 14.1. The number of anilines is 1. The largest absolute Gasteiger partial charge is 0.317 e. The number of thiophene rings is 1. The number of nitrogens with zero attached hydrogens (tertiary/aromatic N) is 2. The highest BCUT2D eigenvalue weighted by Crippen LogP contribution is 2.37. The Balaban J connectivity index is 1.64. The van der Waals surface area contributed by atoms with Gasteiger partial charge in [0.2, 0.25) is 5.91 Å². The zero-order chi connectivity index (χ0) is 16.9. The van der Waals surface area contributed by atoms with Crippen LogP contribution in [-0.2, 0) is 24.1 Å². The van der Waals surface area contributed by atoms with Crippen LogP contribution < -0.4 is 5.32 Å². The number of hydrogen-bond acceptors (Lipinski definition) is 4. The molecule has 3 rings (SSSR count). The summed E-state index contributed by atoms with van der Waals surface area (Å²) >= 11 is 1.55. The Bertz CT molecular complexity index is 837. The van der Waals surface area contributed by atoms with E-state index in [0.717, 1.165) is 36.8 Å². The second-order valence-electron chi connectivity index (χ2n) is 5.88. The van der Waals surface area contributed by atoms with E-state index in [4.69, 9.17) is 5.26 Å². The summed E-state index contributed by atoms with van der Waals surface area (Å²) in [5, 5.41) is 21.8. The van der Waals surface area contributed by atoms with Gasteiger partial charge in [-0.25, -0.2) is 0 Å². The first-order valence-corrected chi connectivity index (χ1v) is 8.86. The van der Waals surface area contributed by atoms with Gasteiger partial charge in [-0.2, -0.15) is 10.5 Å². The quantitative estimate of drug-likeness (QED) is 0.919. The third kappa shape index (κ3) is 3.48. The molecule has 4 nitrogen and oxygen atoms in total. The van der Waals surface area contributed by atoms with Crippen molar-refractivity contribution in [2.45, 2.75) is 38.5 Å². The number of benzene rings is 1. The number of aryl methyl sites for hydroxylation is 2. The Hall–Kier alpha value is -2.63. The first-order valence-electron chi connectivity index (χ1n) is 8.05. The summed E-state index contributed by atoms with van der Waals surface area (Å²) in [5.41, 5.74) is 3.43. The van der Waals surface area contributed by atoms with Gasteiger partial charge >= 0.3 is 0 Å². The van der Waals surface area contributed by atoms with Crippen molar-refractivity contribution in [3.63, 3.8) is 0 Å². The molecule has 1 heterocycles. The molecule has 1 aromatic heterocycles. The van der Waals surface area contributed by atoms with E-state index < -0.39 is 0 Å². The van der Waals surface area contributed by atoms with Crippen LogP contribution in [-0.4, -0.2) is 5.91 Å². The average molecular weight is 335 g/mol. The Morgan fingerprint density at radius 2 is 1.88 bits per heavy atom. The van der Waals surface area contributed by atoms with Crippen molar-refractivity contribution in [3.05, 3.63) is 51.4 Å². The molecule has 1 aliphatic carbocycles. The smallest absolute Gasteiger partial charge is 0.225 e. The molecule has 0 unspecified atom stereocenters. The number of fused-ring (bicyclic) bond motifs is 1. The molecule has 0 bridgehead atoms. The van der Waals surface area contributed by atoms with Gasteiger partial charge in [-0.15, -0.1) is 11.3 Å². The molecule has 0 saturated carbocycles. The van der Waals surface area contributed by atoms with Crippen LogP contribution in [0.2, 0.25) is 0 Å². The third-order valence-electron chi connectivity index (χ3n) is 4.26. The van der Waals surface area contributed by atoms with Crippen LogP contribution in [0.3, 0.4) is 0 Å². The molecule has 1 amide bonds. The summed E-state index contributed by atoms with van der Waals surface area (Å²) in [7, 11) is 0. The average Bonchev–Trinajstić information content (AvgIpc) is 2.97. The summed E-state index contributed by atoms with van der Waals surface area (Å²) in [6.45, 7) is 0. The fraction of sp³-hybridized carbons (Fsp3) is 0.316. The van der Waals surface area contributed by atoms with Crippen molar-refractivity contribution in [2.75, 3.05) is 5.32 Å². The fourth-order valence-electron chi connectivity index (χ4n) is 2.97. The summed E-state index contributed by atoms with van der Waals surface area (Å²) < 4.78 is 0. The predicted molar refractivity (Wildman–Crippen MR) is 93.8 cm³/mol. The van der Waals surface area contributed by atoms with Gasteiger partial charge in [-0.1, -0.05) is 12.1 Å². The van der Waals surface area contributed by atoms with Crippen LogP contribution in [0.25, 0.3) is 0 Å². The minimum atomic E-state index is -0.0746. The van der Waals surface area contributed by atoms with Gasteiger partial charge in [0.05, 0.1) is 17.2 Å². The monoisotopic (exact) mass is 335 g/mol. The van der Waals surface area contributed by atoms with Crippen molar-refractivity contribution >= 4 is 22.2 Å². The minimum absolute atomic E-state index is 0.0746. The van der Waals surface area contributed by atoms with E-state index in [1.165, 1.54) is 4.88 Å². The van der Waals surface area contributed by atoms with E-state index in [1.807, 2.05) is 12.1 Å². The highest BCUT2D eigenvalue weighted by atomic mass is 32.1. The lowest BCUT2D eigenvalue weighted by molar-refractivity contribution is -0.116. The Morgan fingerprint density at radius 1 is 1.12 bits per heavy atom. The van der Waals surface area contributed by atoms with Crippen LogP contribution in [0.5, 0.6) is 0 Å². The van der Waals surface area contributed by atoms with E-state index in [9.17, 15) is 10.1 Å². The molecule has 1 N–H and O–H groups in total. The van der Waals surface area contributed by atoms with Crippen LogP contribution in [0.15, 0.2) is 24.3 Å². The lowest BCUT2D eigenvalue weighted by Gasteiger charge is -2.09. The predicted octanol–water partition coefficient (Wildman–Crippen LogP) is 3.94. The molecule has 0 radical (unpaired) electrons. The highest BCUT2D eigenvalue weighted by molar-refractivity contribution is 7.16. The maximum atomic E-state index is 12.2. The number of carbonyl (C=O) groups is 1. The number of rotatable bonds is 4. The maximum Gasteiger partial charge on any atom is 0.225 e. The molecular formula is C19H17N3OS. The number of nitrogens with one attached hydrogen (secondary N) is 1. The van der Waals surface area contributed by atoms with Gasteiger partial charge in [0.15, 0.2) is 0 Å². The van der Waals surface area contributed by atoms with Crippen molar-refractivity contribution in [1.82, 2.24) is 0 Å². The van der Waals surface area contributed by atoms with Gasteiger partial charge in [-0.05, 0) is 55.4 Å². The van der Waals surface area contributed by atoms with Crippen molar-refractivity contribution in [3.8, 4) is 12.1 Å². The van der Waals surface area contributed by atoms with Gasteiger partial charge < -0.3 is 5.32 Å². The zero-order valence-electron chi connectivity index (χ0n) is 13.3. The molecule has 120 valence electrons. The summed E-state index contributed by atoms with van der Waals surface area (Å²) in [6, 6.07) is 11.6. The molecular weight excluding hydrogens is 318 g/mol. The molecule has 24 heavy (non-hydrogen) atoms. The van der Waals surface area contributed by atoms with E-state index in [0.29, 0.717) is 29.0 Å². The second kappa shape index (κ2) is 7.29. The van der Waals surface area contributed by atoms with Crippen LogP contribution in [0, 0.1) is 22.7 Å². The van der Waals surface area contributed by atoms with E-state index in [1.54, 1.807) is 23.5 Å². The van der Waals surface area contributed by atoms with Crippen molar-refractivity contribution in [2.24, 2.45) is 0 Å². The maximum absolute atomic E-state index is 12.2. The number of nitriles is 2. The fourth-order valence-corrected chi connectivity index (χ4v) is 4.22. The van der Waals surface area contributed by atoms with Crippen molar-refractivity contribution in [1.29, 1.82) is 10.5 Å². The Morgan fingerprint density at radius 3 is 2.58 bits per heavy atom. The lowest BCUT2D eigenvalue weighted by Crippen LogP contribution is -2.12. The standard InChI is InChI=1S/C19H17N3OS/c20-11-14-7-5-13(6-8-14)9-10-18(23)22-19-16(12-21)15-3-1-2-4-17(15)24-19/h5-8H,1-4,9-10H2,(H,22,23). The molecule has 1 aromatic carbocycles. The Labute approximate surface area is 145 Å². The van der Waals surface area contributed by atoms with Gasteiger partial charge in [-0.3, -0.25) is 4.79 Å². The topological polar surface area (TPSA) is 76.7 Å². The molecule has 0 aliphatic heterocycles. The molecule has 1 aliphatic rings. The SMILES string of the molecule is N#Cc1ccc(CCC(=O)Nc2sc3c(c2C#N)CCCC3)cc1. The number of amides is 1. The van der Waals surface area contributed by atoms with Crippen LogP contribution >= 0.6 is 11.3 Å². The van der Waals surface area contributed by atoms with E-state index >= 15 is 0 Å². The van der Waals surface area contributed by atoms with Crippen LogP contribution in [0.1, 0.15) is 46.4 Å². The Kier molecular flexibility index (Phi) is 4.93. The van der Waals surface area contributed by atoms with Gasteiger partial charge in [0.1, 0.15) is 11.1 Å². The minimum Gasteiger partial charge on any atom is -0.317 e. The second-order valence-corrected chi connectivity index (χ2v) is 6.99. The molecule has 0 fully saturated rings. The van der Waals surface area contributed by atoms with Gasteiger partial charge in [0.25, 0.3) is 0 Å². The van der Waals surface area contributed by atoms with Crippen molar-refractivity contribution < 1.29 is 4.79 Å². The molecule has 0 saturated heterocycles. The molecule has 0 spiro atoms. The lowest BCUT2D eigenvalue weighted by atomic mass is 9.96. The molecule has 0 atom stereocenters. The van der Waals surface area contributed by atoms with E-state index in [-0.39, 0.29) is 5.91 Å². The normalized spacial score (nSPS) is 12.8. The third-order valence-corrected chi connectivity index (χ3v) is 5.47. The van der Waals surface area contributed by atoms with E-state index in [2.05, 4.69) is 17.5 Å². The summed E-state index contributed by atoms with van der Waals surface area (Å²) in [5.74, 6) is -0.0746.